The van der Waals surface area contributed by atoms with E-state index in [1.54, 1.807) is 0 Å². The molecule has 0 saturated heterocycles. The Kier molecular flexibility index (Phi) is 5.94. The summed E-state index contributed by atoms with van der Waals surface area (Å²) in [7, 11) is 0. The van der Waals surface area contributed by atoms with Gasteiger partial charge in [0.05, 0.1) is 11.7 Å². The van der Waals surface area contributed by atoms with Gasteiger partial charge in [-0.3, -0.25) is 10.2 Å². The summed E-state index contributed by atoms with van der Waals surface area (Å²) in [5.41, 5.74) is 8.41. The minimum atomic E-state index is 0.939. The standard InChI is InChI=1S/C25H23N3S/c1-2-23(19-6-4-3-5-7-19)25(20-10-8-18(9-11-20)14-15-29-26)21-12-13-24-22(16-21)17-27-28-24/h3-17H,2,26H2,1H3,(H,27,28)/b15-14+,25-23+. The average Bonchev–Trinajstić information content (AvgIpc) is 3.25. The molecule has 0 saturated carbocycles. The number of fused-ring (bicyclic) bond motifs is 1. The lowest BCUT2D eigenvalue weighted by Crippen LogP contribution is -1.95. The Bertz CT molecular complexity index is 1160. The Hall–Kier alpha value is -3.08. The van der Waals surface area contributed by atoms with Crippen LogP contribution in [0.5, 0.6) is 0 Å². The second kappa shape index (κ2) is 8.95. The van der Waals surface area contributed by atoms with Crippen LogP contribution in [0.4, 0.5) is 0 Å². The molecular formula is C25H23N3S. The molecule has 0 radical (unpaired) electrons. The number of benzene rings is 3. The second-order valence-electron chi connectivity index (χ2n) is 6.81. The maximum atomic E-state index is 5.50. The summed E-state index contributed by atoms with van der Waals surface area (Å²) in [6.45, 7) is 2.22. The van der Waals surface area contributed by atoms with E-state index in [0.717, 1.165) is 22.9 Å². The number of rotatable bonds is 6. The van der Waals surface area contributed by atoms with Crippen molar-refractivity contribution < 1.29 is 0 Å². The van der Waals surface area contributed by atoms with Crippen LogP contribution < -0.4 is 5.14 Å². The number of hydrogen-bond donors (Lipinski definition) is 2. The third-order valence-corrected chi connectivity index (χ3v) is 5.34. The molecule has 144 valence electrons. The molecule has 0 atom stereocenters. The van der Waals surface area contributed by atoms with Gasteiger partial charge in [0.2, 0.25) is 0 Å². The Labute approximate surface area is 175 Å². The van der Waals surface area contributed by atoms with Gasteiger partial charge in [0.15, 0.2) is 0 Å². The van der Waals surface area contributed by atoms with Crippen LogP contribution >= 0.6 is 11.9 Å². The highest BCUT2D eigenvalue weighted by molar-refractivity contribution is 8.00. The second-order valence-corrected chi connectivity index (χ2v) is 7.35. The summed E-state index contributed by atoms with van der Waals surface area (Å²) in [5, 5.41) is 15.7. The van der Waals surface area contributed by atoms with Gasteiger partial charge in [0.25, 0.3) is 0 Å². The molecule has 0 aliphatic carbocycles. The van der Waals surface area contributed by atoms with Gasteiger partial charge in [-0.15, -0.1) is 0 Å². The van der Waals surface area contributed by atoms with Gasteiger partial charge in [0.1, 0.15) is 0 Å². The van der Waals surface area contributed by atoms with Crippen molar-refractivity contribution in [1.29, 1.82) is 0 Å². The van der Waals surface area contributed by atoms with E-state index in [-0.39, 0.29) is 0 Å². The molecule has 0 unspecified atom stereocenters. The smallest absolute Gasteiger partial charge is 0.0650 e. The number of nitrogens with one attached hydrogen (secondary N) is 1. The van der Waals surface area contributed by atoms with Crippen LogP contribution in [0.1, 0.15) is 35.6 Å². The highest BCUT2D eigenvalue weighted by Crippen LogP contribution is 2.35. The van der Waals surface area contributed by atoms with Crippen LogP contribution in [0.25, 0.3) is 28.1 Å². The molecule has 0 aliphatic heterocycles. The first-order valence-corrected chi connectivity index (χ1v) is 10.6. The minimum Gasteiger partial charge on any atom is -0.278 e. The largest absolute Gasteiger partial charge is 0.278 e. The Balaban J connectivity index is 1.91. The number of nitrogens with two attached hydrogens (primary N) is 1. The zero-order chi connectivity index (χ0) is 20.1. The van der Waals surface area contributed by atoms with E-state index < -0.39 is 0 Å². The molecule has 0 spiro atoms. The molecule has 3 aromatic carbocycles. The number of aromatic amines is 1. The zero-order valence-electron chi connectivity index (χ0n) is 16.3. The summed E-state index contributed by atoms with van der Waals surface area (Å²) < 4.78 is 0. The minimum absolute atomic E-state index is 0.939. The summed E-state index contributed by atoms with van der Waals surface area (Å²) in [6.07, 6.45) is 4.84. The lowest BCUT2D eigenvalue weighted by molar-refractivity contribution is 1.12. The summed E-state index contributed by atoms with van der Waals surface area (Å²) in [5.74, 6) is 0. The highest BCUT2D eigenvalue weighted by atomic mass is 32.2. The molecule has 29 heavy (non-hydrogen) atoms. The van der Waals surface area contributed by atoms with Crippen molar-refractivity contribution in [3.63, 3.8) is 0 Å². The van der Waals surface area contributed by atoms with Crippen LogP contribution in [-0.4, -0.2) is 10.2 Å². The molecule has 4 aromatic rings. The first-order chi connectivity index (χ1) is 14.3. The molecular weight excluding hydrogens is 374 g/mol. The van der Waals surface area contributed by atoms with Gasteiger partial charge in [-0.05, 0) is 63.4 Å². The monoisotopic (exact) mass is 397 g/mol. The van der Waals surface area contributed by atoms with Crippen molar-refractivity contribution in [2.24, 2.45) is 5.14 Å². The molecule has 3 N–H and O–H groups in total. The van der Waals surface area contributed by atoms with E-state index >= 15 is 0 Å². The van der Waals surface area contributed by atoms with Crippen molar-refractivity contribution in [2.75, 3.05) is 0 Å². The molecule has 0 bridgehead atoms. The fourth-order valence-electron chi connectivity index (χ4n) is 3.66. The first kappa shape index (κ1) is 19.2. The molecule has 0 aliphatic rings. The van der Waals surface area contributed by atoms with E-state index in [4.69, 9.17) is 5.14 Å². The van der Waals surface area contributed by atoms with Crippen LogP contribution in [0.15, 0.2) is 84.4 Å². The molecule has 0 amide bonds. The summed E-state index contributed by atoms with van der Waals surface area (Å²) in [6, 6.07) is 25.8. The quantitative estimate of drug-likeness (QED) is 0.288. The molecule has 4 rings (SSSR count). The van der Waals surface area contributed by atoms with E-state index in [1.165, 1.54) is 39.8 Å². The van der Waals surface area contributed by atoms with Gasteiger partial charge in [-0.1, -0.05) is 79.5 Å². The third kappa shape index (κ3) is 4.19. The predicted octanol–water partition coefficient (Wildman–Crippen LogP) is 6.51. The highest BCUT2D eigenvalue weighted by Gasteiger charge is 2.14. The predicted molar refractivity (Wildman–Crippen MR) is 126 cm³/mol. The van der Waals surface area contributed by atoms with Gasteiger partial charge in [0, 0.05) is 5.39 Å². The fraction of sp³-hybridized carbons (Fsp3) is 0.0800. The van der Waals surface area contributed by atoms with E-state index in [0.29, 0.717) is 0 Å². The first-order valence-electron chi connectivity index (χ1n) is 9.64. The average molecular weight is 398 g/mol. The number of nitrogens with zero attached hydrogens (tertiary/aromatic N) is 1. The van der Waals surface area contributed by atoms with Crippen molar-refractivity contribution >= 4 is 40.1 Å². The van der Waals surface area contributed by atoms with Crippen molar-refractivity contribution in [3.05, 3.63) is 107 Å². The van der Waals surface area contributed by atoms with Crippen LogP contribution in [-0.2, 0) is 0 Å². The number of hydrogen-bond acceptors (Lipinski definition) is 3. The van der Waals surface area contributed by atoms with Gasteiger partial charge < -0.3 is 0 Å². The summed E-state index contributed by atoms with van der Waals surface area (Å²) >= 11 is 1.21. The molecule has 1 aromatic heterocycles. The molecule has 1 heterocycles. The maximum absolute atomic E-state index is 5.50. The Morgan fingerprint density at radius 3 is 2.45 bits per heavy atom. The maximum Gasteiger partial charge on any atom is 0.0650 e. The molecule has 0 fully saturated rings. The van der Waals surface area contributed by atoms with E-state index in [9.17, 15) is 0 Å². The van der Waals surface area contributed by atoms with E-state index in [2.05, 4.69) is 89.9 Å². The lowest BCUT2D eigenvalue weighted by atomic mass is 9.87. The molecule has 3 nitrogen and oxygen atoms in total. The van der Waals surface area contributed by atoms with Crippen molar-refractivity contribution in [2.45, 2.75) is 13.3 Å². The summed E-state index contributed by atoms with van der Waals surface area (Å²) in [4.78, 5) is 0. The van der Waals surface area contributed by atoms with E-state index in [1.807, 2.05) is 17.7 Å². The SMILES string of the molecule is CC/C(=C(/c1ccc(/C=C/SN)cc1)c1ccc2[nH]ncc2c1)c1ccccc1. The molecule has 4 heteroatoms. The number of H-pyrrole nitrogens is 1. The van der Waals surface area contributed by atoms with Gasteiger partial charge >= 0.3 is 0 Å². The van der Waals surface area contributed by atoms with Crippen molar-refractivity contribution in [1.82, 2.24) is 10.2 Å². The Morgan fingerprint density at radius 2 is 1.72 bits per heavy atom. The fourth-order valence-corrected chi connectivity index (χ4v) is 3.89. The van der Waals surface area contributed by atoms with Crippen LogP contribution in [0, 0.1) is 0 Å². The Morgan fingerprint density at radius 1 is 0.966 bits per heavy atom. The van der Waals surface area contributed by atoms with Crippen LogP contribution in [0.3, 0.4) is 0 Å². The van der Waals surface area contributed by atoms with Crippen molar-refractivity contribution in [3.8, 4) is 0 Å². The normalized spacial score (nSPS) is 12.5. The third-order valence-electron chi connectivity index (χ3n) is 5.04. The topological polar surface area (TPSA) is 54.7 Å². The van der Waals surface area contributed by atoms with Gasteiger partial charge in [-0.25, -0.2) is 0 Å². The lowest BCUT2D eigenvalue weighted by Gasteiger charge is -2.16. The zero-order valence-corrected chi connectivity index (χ0v) is 17.1. The number of aromatic nitrogens is 2. The number of allylic oxidation sites excluding steroid dienone is 1. The van der Waals surface area contributed by atoms with Gasteiger partial charge in [-0.2, -0.15) is 5.10 Å². The van der Waals surface area contributed by atoms with Crippen LogP contribution in [0.2, 0.25) is 0 Å².